The highest BCUT2D eigenvalue weighted by Gasteiger charge is 2.33. The van der Waals surface area contributed by atoms with Gasteiger partial charge < -0.3 is 9.31 Å². The summed E-state index contributed by atoms with van der Waals surface area (Å²) in [6.07, 6.45) is 3.61. The van der Waals surface area contributed by atoms with Crippen LogP contribution in [0.25, 0.3) is 11.1 Å². The smallest absolute Gasteiger partial charge is 0.407 e. The third kappa shape index (κ3) is 2.92. The molecule has 1 aliphatic rings. The molecule has 0 atom stereocenters. The molecule has 2 aromatic rings. The van der Waals surface area contributed by atoms with Crippen molar-refractivity contribution >= 4 is 12.6 Å². The minimum atomic E-state index is -0.241. The minimum Gasteiger partial charge on any atom is -0.407 e. The molecule has 0 amide bonds. The fourth-order valence-electron chi connectivity index (χ4n) is 2.26. The van der Waals surface area contributed by atoms with Crippen molar-refractivity contribution in [2.24, 2.45) is 5.41 Å². The van der Waals surface area contributed by atoms with Crippen molar-refractivity contribution < 1.29 is 9.31 Å². The average Bonchev–Trinajstić information content (AvgIpc) is 2.48. The van der Waals surface area contributed by atoms with Crippen LogP contribution in [-0.4, -0.2) is 25.3 Å². The van der Waals surface area contributed by atoms with Crippen LogP contribution in [-0.2, 0) is 9.31 Å². The van der Waals surface area contributed by atoms with Crippen molar-refractivity contribution in [2.75, 3.05) is 13.2 Å². The van der Waals surface area contributed by atoms with Gasteiger partial charge >= 0.3 is 7.12 Å². The molecule has 1 aliphatic heterocycles. The lowest BCUT2D eigenvalue weighted by Gasteiger charge is -2.33. The largest absolute Gasteiger partial charge is 0.493 e. The van der Waals surface area contributed by atoms with E-state index in [9.17, 15) is 0 Å². The van der Waals surface area contributed by atoms with Crippen molar-refractivity contribution in [3.63, 3.8) is 0 Å². The van der Waals surface area contributed by atoms with Gasteiger partial charge in [-0.25, -0.2) is 0 Å². The number of benzene rings is 1. The fraction of sp³-hybridized carbons (Fsp3) is 0.312. The second-order valence-corrected chi connectivity index (χ2v) is 5.98. The molecule has 3 rings (SSSR count). The molecular formula is C16H18BNO2. The Hall–Kier alpha value is -1.65. The quantitative estimate of drug-likeness (QED) is 0.783. The zero-order valence-corrected chi connectivity index (χ0v) is 11.9. The Balaban J connectivity index is 1.74. The lowest BCUT2D eigenvalue weighted by molar-refractivity contribution is 0.0343. The van der Waals surface area contributed by atoms with Crippen molar-refractivity contribution in [1.29, 1.82) is 0 Å². The average molecular weight is 267 g/mol. The first-order valence-electron chi connectivity index (χ1n) is 6.88. The van der Waals surface area contributed by atoms with E-state index in [0.717, 1.165) is 24.2 Å². The first kappa shape index (κ1) is 13.3. The summed E-state index contributed by atoms with van der Waals surface area (Å²) in [4.78, 5) is 4.04. The molecule has 2 heterocycles. The molecule has 0 saturated carbocycles. The Morgan fingerprint density at radius 3 is 2.05 bits per heavy atom. The summed E-state index contributed by atoms with van der Waals surface area (Å²) in [6.45, 7) is 5.75. The molecule has 3 nitrogen and oxygen atoms in total. The van der Waals surface area contributed by atoms with Gasteiger partial charge in [-0.05, 0) is 28.7 Å². The van der Waals surface area contributed by atoms with Gasteiger partial charge in [0.1, 0.15) is 0 Å². The Morgan fingerprint density at radius 2 is 1.45 bits per heavy atom. The molecule has 4 heteroatoms. The summed E-state index contributed by atoms with van der Waals surface area (Å²) in [5, 5.41) is 0. The summed E-state index contributed by atoms with van der Waals surface area (Å²) >= 11 is 0. The van der Waals surface area contributed by atoms with Crippen molar-refractivity contribution in [3.05, 3.63) is 48.8 Å². The van der Waals surface area contributed by atoms with E-state index in [1.54, 1.807) is 12.4 Å². The van der Waals surface area contributed by atoms with Crippen LogP contribution in [0, 0.1) is 5.41 Å². The topological polar surface area (TPSA) is 31.4 Å². The Bertz CT molecular complexity index is 559. The van der Waals surface area contributed by atoms with Gasteiger partial charge in [0.25, 0.3) is 0 Å². The number of aromatic nitrogens is 1. The summed E-state index contributed by atoms with van der Waals surface area (Å²) in [5.74, 6) is 0. The van der Waals surface area contributed by atoms with Crippen LogP contribution in [0.2, 0.25) is 0 Å². The molecular weight excluding hydrogens is 249 g/mol. The molecule has 0 aliphatic carbocycles. The summed E-state index contributed by atoms with van der Waals surface area (Å²) in [5.41, 5.74) is 3.51. The molecule has 0 bridgehead atoms. The van der Waals surface area contributed by atoms with Crippen molar-refractivity contribution in [2.45, 2.75) is 13.8 Å². The van der Waals surface area contributed by atoms with E-state index in [-0.39, 0.29) is 12.5 Å². The number of hydrogen-bond acceptors (Lipinski definition) is 3. The van der Waals surface area contributed by atoms with E-state index >= 15 is 0 Å². The van der Waals surface area contributed by atoms with Crippen molar-refractivity contribution in [3.8, 4) is 11.1 Å². The molecule has 1 aromatic heterocycles. The van der Waals surface area contributed by atoms with Crippen LogP contribution in [0.4, 0.5) is 0 Å². The van der Waals surface area contributed by atoms with Gasteiger partial charge in [0.2, 0.25) is 0 Å². The van der Waals surface area contributed by atoms with Crippen LogP contribution in [0.5, 0.6) is 0 Å². The Kier molecular flexibility index (Phi) is 3.59. The molecule has 0 radical (unpaired) electrons. The monoisotopic (exact) mass is 267 g/mol. The van der Waals surface area contributed by atoms with E-state index in [1.807, 2.05) is 12.1 Å². The second kappa shape index (κ2) is 5.39. The van der Waals surface area contributed by atoms with E-state index in [0.29, 0.717) is 0 Å². The number of hydrogen-bond donors (Lipinski definition) is 0. The molecule has 1 fully saturated rings. The highest BCUT2D eigenvalue weighted by atomic mass is 16.6. The maximum absolute atomic E-state index is 5.79. The van der Waals surface area contributed by atoms with Crippen LogP contribution >= 0.6 is 0 Å². The lowest BCUT2D eigenvalue weighted by Crippen LogP contribution is -2.47. The molecule has 20 heavy (non-hydrogen) atoms. The zero-order chi connectivity index (χ0) is 14.0. The van der Waals surface area contributed by atoms with Crippen LogP contribution in [0.3, 0.4) is 0 Å². The highest BCUT2D eigenvalue weighted by molar-refractivity contribution is 6.61. The first-order chi connectivity index (χ1) is 9.64. The van der Waals surface area contributed by atoms with Crippen molar-refractivity contribution in [1.82, 2.24) is 4.98 Å². The SMILES string of the molecule is CC1(C)COB(c2ccc(-c3ccncc3)cc2)OC1. The predicted octanol–water partition coefficient (Wildman–Crippen LogP) is 2.52. The summed E-state index contributed by atoms with van der Waals surface area (Å²) in [7, 11) is -0.241. The fourth-order valence-corrected chi connectivity index (χ4v) is 2.26. The van der Waals surface area contributed by atoms with E-state index in [2.05, 4.69) is 43.1 Å². The third-order valence-corrected chi connectivity index (χ3v) is 3.45. The number of nitrogens with zero attached hydrogens (tertiary/aromatic N) is 1. The second-order valence-electron chi connectivity index (χ2n) is 5.98. The van der Waals surface area contributed by atoms with Gasteiger partial charge in [0.05, 0.1) is 0 Å². The van der Waals surface area contributed by atoms with Gasteiger partial charge in [0, 0.05) is 31.0 Å². The maximum atomic E-state index is 5.79. The summed E-state index contributed by atoms with van der Waals surface area (Å²) in [6, 6.07) is 12.3. The van der Waals surface area contributed by atoms with Gasteiger partial charge in [-0.3, -0.25) is 4.98 Å². The lowest BCUT2D eigenvalue weighted by atomic mass is 9.75. The van der Waals surface area contributed by atoms with Crippen LogP contribution in [0.1, 0.15) is 13.8 Å². The molecule has 1 saturated heterocycles. The molecule has 0 unspecified atom stereocenters. The van der Waals surface area contributed by atoms with E-state index in [1.165, 1.54) is 5.56 Å². The van der Waals surface area contributed by atoms with Crippen LogP contribution in [0.15, 0.2) is 48.8 Å². The predicted molar refractivity (Wildman–Crippen MR) is 80.7 cm³/mol. The molecule has 0 N–H and O–H groups in total. The van der Waals surface area contributed by atoms with Gasteiger partial charge in [-0.2, -0.15) is 0 Å². The maximum Gasteiger partial charge on any atom is 0.493 e. The van der Waals surface area contributed by atoms with Gasteiger partial charge in [-0.1, -0.05) is 38.1 Å². The molecule has 0 spiro atoms. The summed E-state index contributed by atoms with van der Waals surface area (Å²) < 4.78 is 11.6. The van der Waals surface area contributed by atoms with E-state index < -0.39 is 0 Å². The van der Waals surface area contributed by atoms with Gasteiger partial charge in [-0.15, -0.1) is 0 Å². The zero-order valence-electron chi connectivity index (χ0n) is 11.9. The standard InChI is InChI=1S/C16H18BNO2/c1-16(2)11-19-17(20-12-16)15-5-3-13(4-6-15)14-7-9-18-10-8-14/h3-10H,11-12H2,1-2H3. The van der Waals surface area contributed by atoms with Crippen LogP contribution < -0.4 is 5.46 Å². The first-order valence-corrected chi connectivity index (χ1v) is 6.88. The minimum absolute atomic E-state index is 0.105. The van der Waals surface area contributed by atoms with E-state index in [4.69, 9.17) is 9.31 Å². The Labute approximate surface area is 120 Å². The molecule has 102 valence electrons. The highest BCUT2D eigenvalue weighted by Crippen LogP contribution is 2.22. The third-order valence-electron chi connectivity index (χ3n) is 3.45. The number of rotatable bonds is 2. The Morgan fingerprint density at radius 1 is 0.900 bits per heavy atom. The normalized spacial score (nSPS) is 18.0. The molecule has 1 aromatic carbocycles. The number of pyridine rings is 1. The van der Waals surface area contributed by atoms with Gasteiger partial charge in [0.15, 0.2) is 0 Å².